The lowest BCUT2D eigenvalue weighted by Crippen LogP contribution is -2.26. The van der Waals surface area contributed by atoms with E-state index in [2.05, 4.69) is 0 Å². The van der Waals surface area contributed by atoms with Crippen molar-refractivity contribution >= 4 is 17.6 Å². The van der Waals surface area contributed by atoms with Crippen LogP contribution in [0.25, 0.3) is 0 Å². The minimum atomic E-state index is -0.358. The van der Waals surface area contributed by atoms with E-state index in [1.165, 1.54) is 0 Å². The van der Waals surface area contributed by atoms with Crippen LogP contribution < -0.4 is 0 Å². The number of benzene rings is 1. The maximum atomic E-state index is 11.6. The number of ether oxygens (including phenoxy) is 2. The van der Waals surface area contributed by atoms with Gasteiger partial charge in [0.2, 0.25) is 6.29 Å². The molecule has 1 unspecified atom stereocenters. The van der Waals surface area contributed by atoms with Crippen molar-refractivity contribution in [2.24, 2.45) is 0 Å². The minimum Gasteiger partial charge on any atom is -0.436 e. The first-order chi connectivity index (χ1) is 8.24. The summed E-state index contributed by atoms with van der Waals surface area (Å²) in [7, 11) is 0. The summed E-state index contributed by atoms with van der Waals surface area (Å²) in [6.07, 6.45) is 2.80. The second kappa shape index (κ2) is 6.03. The normalized spacial score (nSPS) is 19.9. The Morgan fingerprint density at radius 2 is 2.12 bits per heavy atom. The molecule has 17 heavy (non-hydrogen) atoms. The fraction of sp³-hybridized carbons (Fsp3) is 0.462. The predicted octanol–water partition coefficient (Wildman–Crippen LogP) is 2.95. The molecule has 1 aliphatic rings. The van der Waals surface area contributed by atoms with Gasteiger partial charge in [-0.05, 0) is 30.5 Å². The van der Waals surface area contributed by atoms with Crippen LogP contribution in [0, 0.1) is 0 Å². The molecule has 0 radical (unpaired) electrons. The second-order valence-corrected chi connectivity index (χ2v) is 4.53. The third-order valence-electron chi connectivity index (χ3n) is 2.66. The first kappa shape index (κ1) is 12.4. The molecule has 1 saturated heterocycles. The molecule has 1 heterocycles. The van der Waals surface area contributed by atoms with Crippen LogP contribution in [0.3, 0.4) is 0 Å². The van der Waals surface area contributed by atoms with Crippen LogP contribution in [-0.2, 0) is 20.7 Å². The summed E-state index contributed by atoms with van der Waals surface area (Å²) < 4.78 is 10.6. The number of hydrogen-bond acceptors (Lipinski definition) is 3. The Labute approximate surface area is 106 Å². The third kappa shape index (κ3) is 4.02. The van der Waals surface area contributed by atoms with Crippen LogP contribution in [-0.4, -0.2) is 18.9 Å². The van der Waals surface area contributed by atoms with E-state index >= 15 is 0 Å². The molecule has 0 aromatic heterocycles. The zero-order valence-corrected chi connectivity index (χ0v) is 10.3. The molecule has 3 nitrogen and oxygen atoms in total. The van der Waals surface area contributed by atoms with E-state index in [1.54, 1.807) is 12.1 Å². The predicted molar refractivity (Wildman–Crippen MR) is 64.8 cm³/mol. The van der Waals surface area contributed by atoms with E-state index in [1.807, 2.05) is 12.1 Å². The molecular formula is C13H15ClO3. The fourth-order valence-electron chi connectivity index (χ4n) is 1.76. The molecule has 1 aromatic carbocycles. The summed E-state index contributed by atoms with van der Waals surface area (Å²) in [6.45, 7) is 0.679. The molecule has 1 fully saturated rings. The second-order valence-electron chi connectivity index (χ2n) is 4.09. The van der Waals surface area contributed by atoms with Gasteiger partial charge in [-0.1, -0.05) is 23.7 Å². The van der Waals surface area contributed by atoms with Crippen molar-refractivity contribution in [2.75, 3.05) is 6.61 Å². The van der Waals surface area contributed by atoms with Gasteiger partial charge in [-0.3, -0.25) is 4.79 Å². The molecule has 0 aliphatic carbocycles. The minimum absolute atomic E-state index is 0.251. The Bertz CT molecular complexity index is 369. The molecule has 0 N–H and O–H groups in total. The van der Waals surface area contributed by atoms with Crippen LogP contribution in [0.5, 0.6) is 0 Å². The molecule has 1 aromatic rings. The van der Waals surface area contributed by atoms with Gasteiger partial charge in [0.1, 0.15) is 0 Å². The third-order valence-corrected chi connectivity index (χ3v) is 2.91. The molecule has 1 aliphatic heterocycles. The molecular weight excluding hydrogens is 240 g/mol. The molecule has 0 saturated carbocycles. The smallest absolute Gasteiger partial charge is 0.312 e. The molecule has 2 rings (SSSR count). The van der Waals surface area contributed by atoms with Gasteiger partial charge >= 0.3 is 5.97 Å². The van der Waals surface area contributed by atoms with E-state index < -0.39 is 0 Å². The van der Waals surface area contributed by atoms with E-state index in [0.717, 1.165) is 24.8 Å². The quantitative estimate of drug-likeness (QED) is 0.778. The summed E-state index contributed by atoms with van der Waals surface area (Å²) >= 11 is 5.77. The maximum Gasteiger partial charge on any atom is 0.312 e. The van der Waals surface area contributed by atoms with E-state index in [4.69, 9.17) is 21.1 Å². The topological polar surface area (TPSA) is 35.5 Å². The summed E-state index contributed by atoms with van der Waals surface area (Å²) in [5.74, 6) is -0.251. The number of esters is 1. The van der Waals surface area contributed by atoms with Crippen LogP contribution in [0.4, 0.5) is 0 Å². The van der Waals surface area contributed by atoms with Crippen LogP contribution >= 0.6 is 11.6 Å². The highest BCUT2D eigenvalue weighted by molar-refractivity contribution is 6.30. The van der Waals surface area contributed by atoms with Crippen LogP contribution in [0.15, 0.2) is 24.3 Å². The zero-order chi connectivity index (χ0) is 12.1. The fourth-order valence-corrected chi connectivity index (χ4v) is 1.89. The van der Waals surface area contributed by atoms with Gasteiger partial charge in [0.05, 0.1) is 13.0 Å². The summed E-state index contributed by atoms with van der Waals surface area (Å²) in [5, 5.41) is 0.665. The first-order valence-electron chi connectivity index (χ1n) is 5.79. The highest BCUT2D eigenvalue weighted by Crippen LogP contribution is 2.15. The monoisotopic (exact) mass is 254 g/mol. The Morgan fingerprint density at radius 3 is 2.76 bits per heavy atom. The molecule has 4 heteroatoms. The van der Waals surface area contributed by atoms with Crippen LogP contribution in [0.1, 0.15) is 24.8 Å². The highest BCUT2D eigenvalue weighted by Gasteiger charge is 2.18. The molecule has 0 bridgehead atoms. The van der Waals surface area contributed by atoms with Crippen molar-refractivity contribution in [3.63, 3.8) is 0 Å². The molecule has 92 valence electrons. The lowest BCUT2D eigenvalue weighted by atomic mass is 10.1. The van der Waals surface area contributed by atoms with Crippen molar-refractivity contribution in [1.29, 1.82) is 0 Å². The number of hydrogen-bond donors (Lipinski definition) is 0. The Balaban J connectivity index is 1.82. The molecule has 0 amide bonds. The van der Waals surface area contributed by atoms with Crippen molar-refractivity contribution in [2.45, 2.75) is 32.0 Å². The van der Waals surface area contributed by atoms with E-state index in [9.17, 15) is 4.79 Å². The number of carbonyl (C=O) groups excluding carboxylic acids is 1. The largest absolute Gasteiger partial charge is 0.436 e. The van der Waals surface area contributed by atoms with Gasteiger partial charge < -0.3 is 9.47 Å². The summed E-state index contributed by atoms with van der Waals surface area (Å²) in [5.41, 5.74) is 0.898. The van der Waals surface area contributed by atoms with Gasteiger partial charge in [-0.2, -0.15) is 0 Å². The van der Waals surface area contributed by atoms with E-state index in [0.29, 0.717) is 11.6 Å². The SMILES string of the molecule is O=C(Cc1ccc(Cl)cc1)OC1CCCCO1. The summed E-state index contributed by atoms with van der Waals surface area (Å²) in [6, 6.07) is 7.18. The van der Waals surface area contributed by atoms with Crippen molar-refractivity contribution in [3.05, 3.63) is 34.9 Å². The summed E-state index contributed by atoms with van der Waals surface area (Å²) in [4.78, 5) is 11.6. The van der Waals surface area contributed by atoms with E-state index in [-0.39, 0.29) is 18.7 Å². The average molecular weight is 255 g/mol. The standard InChI is InChI=1S/C13H15ClO3/c14-11-6-4-10(5-7-11)9-12(15)17-13-3-1-2-8-16-13/h4-7,13H,1-3,8-9H2. The van der Waals surface area contributed by atoms with Gasteiger partial charge in [-0.25, -0.2) is 0 Å². The number of rotatable bonds is 3. The molecule has 1 atom stereocenters. The Hall–Kier alpha value is -1.06. The lowest BCUT2D eigenvalue weighted by molar-refractivity contribution is -0.185. The number of halogens is 1. The average Bonchev–Trinajstić information content (AvgIpc) is 2.33. The number of carbonyl (C=O) groups is 1. The Kier molecular flexibility index (Phi) is 4.40. The van der Waals surface area contributed by atoms with Crippen molar-refractivity contribution < 1.29 is 14.3 Å². The van der Waals surface area contributed by atoms with Gasteiger partial charge in [0.25, 0.3) is 0 Å². The van der Waals surface area contributed by atoms with Crippen LogP contribution in [0.2, 0.25) is 5.02 Å². The van der Waals surface area contributed by atoms with Gasteiger partial charge in [0.15, 0.2) is 0 Å². The first-order valence-corrected chi connectivity index (χ1v) is 6.17. The lowest BCUT2D eigenvalue weighted by Gasteiger charge is -2.22. The maximum absolute atomic E-state index is 11.6. The zero-order valence-electron chi connectivity index (χ0n) is 9.52. The highest BCUT2D eigenvalue weighted by atomic mass is 35.5. The van der Waals surface area contributed by atoms with Crippen molar-refractivity contribution in [1.82, 2.24) is 0 Å². The van der Waals surface area contributed by atoms with Gasteiger partial charge in [-0.15, -0.1) is 0 Å². The van der Waals surface area contributed by atoms with Gasteiger partial charge in [0, 0.05) is 11.4 Å². The van der Waals surface area contributed by atoms with Crippen molar-refractivity contribution in [3.8, 4) is 0 Å². The molecule has 0 spiro atoms. The Morgan fingerprint density at radius 1 is 1.35 bits per heavy atom.